The molecule has 9 nitrogen and oxygen atoms in total. The summed E-state index contributed by atoms with van der Waals surface area (Å²) in [5.41, 5.74) is 2.52. The van der Waals surface area contributed by atoms with E-state index in [4.69, 9.17) is 32.9 Å². The number of hydrogen-bond acceptors (Lipinski definition) is 8. The number of likely N-dealkylation sites (N-methyl/N-ethyl adjacent to an activating group) is 1. The van der Waals surface area contributed by atoms with Gasteiger partial charge in [0.05, 0.1) is 11.6 Å². The molecular formula is C29H32Cl2N6O3. The van der Waals surface area contributed by atoms with Crippen molar-refractivity contribution in [1.82, 2.24) is 25.0 Å². The van der Waals surface area contributed by atoms with E-state index in [0.29, 0.717) is 45.9 Å². The van der Waals surface area contributed by atoms with E-state index in [9.17, 15) is 9.90 Å². The number of benzene rings is 1. The summed E-state index contributed by atoms with van der Waals surface area (Å²) in [6.45, 7) is 6.23. The SMILES string of the molecule is CN1CCN(c2ccc(Oc3cc(CN4CCC5C(CC4)C5C(=O)O)cc(-c4cc(Cl)cc(Cl)c4)n3)nn2)CC1. The van der Waals surface area contributed by atoms with Crippen molar-refractivity contribution in [3.63, 3.8) is 0 Å². The molecule has 0 amide bonds. The van der Waals surface area contributed by atoms with E-state index in [1.54, 1.807) is 6.07 Å². The van der Waals surface area contributed by atoms with Gasteiger partial charge in [-0.15, -0.1) is 10.2 Å². The van der Waals surface area contributed by atoms with Crippen molar-refractivity contribution < 1.29 is 14.6 Å². The van der Waals surface area contributed by atoms with E-state index in [2.05, 4.69) is 31.9 Å². The van der Waals surface area contributed by atoms with Gasteiger partial charge < -0.3 is 19.6 Å². The van der Waals surface area contributed by atoms with E-state index in [0.717, 1.165) is 69.1 Å². The standard InChI is InChI=1S/C29H32Cl2N6O3/c1-35-8-10-37(11-9-35)25-2-3-26(34-33-25)40-27-13-18(12-24(32-27)19-14-20(30)16-21(31)15-19)17-36-6-4-22-23(5-7-36)28(22)29(38)39/h2-3,12-16,22-23,28H,4-11,17H2,1H3,(H,38,39). The monoisotopic (exact) mass is 582 g/mol. The van der Waals surface area contributed by atoms with Crippen molar-refractivity contribution in [1.29, 1.82) is 0 Å². The van der Waals surface area contributed by atoms with Crippen molar-refractivity contribution in [3.05, 3.63) is 58.1 Å². The van der Waals surface area contributed by atoms with Crippen LogP contribution in [-0.2, 0) is 11.3 Å². The van der Waals surface area contributed by atoms with Gasteiger partial charge in [0.2, 0.25) is 11.8 Å². The lowest BCUT2D eigenvalue weighted by Gasteiger charge is -2.32. The molecule has 2 unspecified atom stereocenters. The predicted octanol–water partition coefficient (Wildman–Crippen LogP) is 4.93. The average Bonchev–Trinajstić information content (AvgIpc) is 3.66. The zero-order chi connectivity index (χ0) is 27.8. The first-order valence-corrected chi connectivity index (χ1v) is 14.5. The Morgan fingerprint density at radius 2 is 1.62 bits per heavy atom. The van der Waals surface area contributed by atoms with E-state index >= 15 is 0 Å². The number of ether oxygens (including phenoxy) is 1. The molecule has 6 rings (SSSR count). The maximum atomic E-state index is 11.5. The van der Waals surface area contributed by atoms with Gasteiger partial charge in [0, 0.05) is 60.5 Å². The molecule has 3 fully saturated rings. The maximum absolute atomic E-state index is 11.5. The average molecular weight is 584 g/mol. The Hall–Kier alpha value is -2.98. The Morgan fingerprint density at radius 3 is 2.25 bits per heavy atom. The number of pyridine rings is 1. The van der Waals surface area contributed by atoms with Gasteiger partial charge in [-0.25, -0.2) is 4.98 Å². The Labute approximate surface area is 243 Å². The number of halogens is 2. The second-order valence-corrected chi connectivity index (χ2v) is 11.9. The minimum atomic E-state index is -0.649. The molecule has 2 aliphatic heterocycles. The Bertz CT molecular complexity index is 1350. The molecule has 11 heteroatoms. The van der Waals surface area contributed by atoms with Crippen LogP contribution in [0.1, 0.15) is 18.4 Å². The summed E-state index contributed by atoms with van der Waals surface area (Å²) in [5, 5.41) is 19.2. The fraction of sp³-hybridized carbons (Fsp3) is 0.448. The fourth-order valence-corrected chi connectivity index (χ4v) is 6.55. The lowest BCUT2D eigenvalue weighted by atomic mass is 10.1. The molecule has 4 heterocycles. The number of nitrogens with zero attached hydrogens (tertiary/aromatic N) is 6. The Balaban J connectivity index is 1.21. The molecule has 1 aliphatic carbocycles. The molecule has 210 valence electrons. The third kappa shape index (κ3) is 6.17. The molecule has 2 saturated heterocycles. The molecule has 2 aromatic heterocycles. The summed E-state index contributed by atoms with van der Waals surface area (Å²) in [6.07, 6.45) is 1.81. The van der Waals surface area contributed by atoms with Gasteiger partial charge in [0.25, 0.3) is 0 Å². The highest BCUT2D eigenvalue weighted by atomic mass is 35.5. The molecule has 1 N–H and O–H groups in total. The number of aromatic nitrogens is 3. The van der Waals surface area contributed by atoms with E-state index in [1.165, 1.54) is 0 Å². The number of carboxylic acid groups (broad SMARTS) is 1. The molecular weight excluding hydrogens is 551 g/mol. The van der Waals surface area contributed by atoms with Crippen LogP contribution in [0.25, 0.3) is 11.3 Å². The number of anilines is 1. The van der Waals surface area contributed by atoms with Crippen LogP contribution in [0.2, 0.25) is 10.0 Å². The highest BCUT2D eigenvalue weighted by molar-refractivity contribution is 6.35. The normalized spacial score (nSPS) is 23.4. The lowest BCUT2D eigenvalue weighted by Crippen LogP contribution is -2.44. The van der Waals surface area contributed by atoms with Crippen molar-refractivity contribution in [2.45, 2.75) is 19.4 Å². The van der Waals surface area contributed by atoms with Crippen LogP contribution in [0, 0.1) is 17.8 Å². The van der Waals surface area contributed by atoms with Crippen LogP contribution >= 0.6 is 23.2 Å². The Morgan fingerprint density at radius 1 is 0.925 bits per heavy atom. The molecule has 3 aromatic rings. The number of piperazine rings is 1. The fourth-order valence-electron chi connectivity index (χ4n) is 6.02. The second kappa shape index (κ2) is 11.5. The molecule has 1 saturated carbocycles. The summed E-state index contributed by atoms with van der Waals surface area (Å²) in [7, 11) is 2.12. The van der Waals surface area contributed by atoms with Crippen LogP contribution in [0.3, 0.4) is 0 Å². The van der Waals surface area contributed by atoms with Gasteiger partial charge in [0.1, 0.15) is 0 Å². The summed E-state index contributed by atoms with van der Waals surface area (Å²) in [5.74, 6) is 1.41. The largest absolute Gasteiger partial charge is 0.481 e. The first kappa shape index (κ1) is 27.2. The highest BCUT2D eigenvalue weighted by Gasteiger charge is 2.54. The molecule has 0 radical (unpaired) electrons. The number of rotatable bonds is 7. The number of aliphatic carboxylic acids is 1. The van der Waals surface area contributed by atoms with Gasteiger partial charge in [0.15, 0.2) is 5.82 Å². The molecule has 2 atom stereocenters. The third-order valence-corrected chi connectivity index (χ3v) is 8.70. The number of likely N-dealkylation sites (tertiary alicyclic amines) is 1. The van der Waals surface area contributed by atoms with Gasteiger partial charge >= 0.3 is 5.97 Å². The smallest absolute Gasteiger partial charge is 0.307 e. The summed E-state index contributed by atoms with van der Waals surface area (Å²) < 4.78 is 6.12. The zero-order valence-corrected chi connectivity index (χ0v) is 23.9. The number of carbonyl (C=O) groups is 1. The minimum Gasteiger partial charge on any atom is -0.481 e. The topological polar surface area (TPSA) is 94.9 Å². The highest BCUT2D eigenvalue weighted by Crippen LogP contribution is 2.52. The number of fused-ring (bicyclic) bond motifs is 1. The summed E-state index contributed by atoms with van der Waals surface area (Å²) in [6, 6.07) is 13.1. The van der Waals surface area contributed by atoms with E-state index < -0.39 is 5.97 Å². The molecule has 1 aromatic carbocycles. The summed E-state index contributed by atoms with van der Waals surface area (Å²) in [4.78, 5) is 23.1. The lowest BCUT2D eigenvalue weighted by molar-refractivity contribution is -0.139. The number of hydrogen-bond donors (Lipinski definition) is 1. The van der Waals surface area contributed by atoms with E-state index in [1.807, 2.05) is 36.4 Å². The molecule has 40 heavy (non-hydrogen) atoms. The maximum Gasteiger partial charge on any atom is 0.307 e. The zero-order valence-electron chi connectivity index (χ0n) is 22.3. The predicted molar refractivity (Wildman–Crippen MR) is 154 cm³/mol. The molecule has 0 bridgehead atoms. The first-order chi connectivity index (χ1) is 19.3. The van der Waals surface area contributed by atoms with Crippen LogP contribution in [0.4, 0.5) is 5.82 Å². The quantitative estimate of drug-likeness (QED) is 0.416. The van der Waals surface area contributed by atoms with Crippen molar-refractivity contribution >= 4 is 35.0 Å². The summed E-state index contributed by atoms with van der Waals surface area (Å²) >= 11 is 12.6. The van der Waals surface area contributed by atoms with Crippen molar-refractivity contribution in [3.8, 4) is 23.0 Å². The van der Waals surface area contributed by atoms with Crippen molar-refractivity contribution in [2.24, 2.45) is 17.8 Å². The number of carboxylic acids is 1. The van der Waals surface area contributed by atoms with Crippen LogP contribution < -0.4 is 9.64 Å². The minimum absolute atomic E-state index is 0.161. The molecule has 0 spiro atoms. The van der Waals surface area contributed by atoms with Crippen LogP contribution in [-0.4, -0.2) is 82.4 Å². The van der Waals surface area contributed by atoms with Crippen LogP contribution in [0.5, 0.6) is 11.8 Å². The van der Waals surface area contributed by atoms with Crippen molar-refractivity contribution in [2.75, 3.05) is 51.2 Å². The second-order valence-electron chi connectivity index (χ2n) is 11.0. The Kier molecular flexibility index (Phi) is 7.81. The molecule has 3 aliphatic rings. The van der Waals surface area contributed by atoms with Crippen LogP contribution in [0.15, 0.2) is 42.5 Å². The van der Waals surface area contributed by atoms with E-state index in [-0.39, 0.29) is 5.92 Å². The van der Waals surface area contributed by atoms with Gasteiger partial charge in [-0.05, 0) is 80.7 Å². The van der Waals surface area contributed by atoms with Gasteiger partial charge in [-0.1, -0.05) is 23.2 Å². The van der Waals surface area contributed by atoms with Gasteiger partial charge in [-0.2, -0.15) is 0 Å². The first-order valence-electron chi connectivity index (χ1n) is 13.7. The van der Waals surface area contributed by atoms with Gasteiger partial charge in [-0.3, -0.25) is 9.69 Å². The third-order valence-electron chi connectivity index (χ3n) is 8.26.